The van der Waals surface area contributed by atoms with E-state index in [1.807, 2.05) is 49.4 Å². The lowest BCUT2D eigenvalue weighted by atomic mass is 9.73. The first kappa shape index (κ1) is 21.0. The smallest absolute Gasteiger partial charge is 0.340 e. The number of fused-ring (bicyclic) bond motifs is 1. The highest BCUT2D eigenvalue weighted by Crippen LogP contribution is 2.41. The lowest BCUT2D eigenvalue weighted by Crippen LogP contribution is -2.30. The molecular weight excluding hydrogens is 386 g/mol. The first-order chi connectivity index (χ1) is 14.8. The van der Waals surface area contributed by atoms with E-state index in [0.29, 0.717) is 41.6 Å². The number of ketones is 1. The highest BCUT2D eigenvalue weighted by Gasteiger charge is 2.37. The third-order valence-corrected chi connectivity index (χ3v) is 5.92. The minimum absolute atomic E-state index is 0.0358. The van der Waals surface area contributed by atoms with Gasteiger partial charge >= 0.3 is 5.97 Å². The van der Waals surface area contributed by atoms with Crippen LogP contribution in [0.25, 0.3) is 22.3 Å². The fraction of sp³-hybridized carbons (Fsp3) is 0.296. The molecule has 1 heterocycles. The van der Waals surface area contributed by atoms with Crippen LogP contribution in [0.2, 0.25) is 0 Å². The molecule has 2 aromatic carbocycles. The van der Waals surface area contributed by atoms with Gasteiger partial charge in [0.25, 0.3) is 0 Å². The van der Waals surface area contributed by atoms with Crippen LogP contribution in [0.4, 0.5) is 0 Å². The first-order valence-corrected chi connectivity index (χ1v) is 10.7. The van der Waals surface area contributed by atoms with E-state index in [-0.39, 0.29) is 11.2 Å². The number of carbonyl (C=O) groups excluding carboxylic acids is 2. The summed E-state index contributed by atoms with van der Waals surface area (Å²) in [7, 11) is 1.37. The number of aromatic nitrogens is 1. The molecule has 0 radical (unpaired) electrons. The summed E-state index contributed by atoms with van der Waals surface area (Å²) in [6.45, 7) is 6.15. The molecule has 0 unspecified atom stereocenters. The Kier molecular flexibility index (Phi) is 5.48. The number of esters is 1. The van der Waals surface area contributed by atoms with E-state index >= 15 is 0 Å². The summed E-state index contributed by atoms with van der Waals surface area (Å²) in [5.74, 6) is -0.416. The largest absolute Gasteiger partial charge is 0.465 e. The van der Waals surface area contributed by atoms with Crippen LogP contribution >= 0.6 is 0 Å². The predicted octanol–water partition coefficient (Wildman–Crippen LogP) is 5.92. The summed E-state index contributed by atoms with van der Waals surface area (Å²) >= 11 is 0. The zero-order valence-corrected chi connectivity index (χ0v) is 18.5. The molecule has 0 saturated carbocycles. The van der Waals surface area contributed by atoms with E-state index < -0.39 is 5.97 Å². The molecule has 0 atom stereocenters. The van der Waals surface area contributed by atoms with Crippen LogP contribution < -0.4 is 0 Å². The molecule has 4 nitrogen and oxygen atoms in total. The van der Waals surface area contributed by atoms with Crippen molar-refractivity contribution in [1.82, 2.24) is 4.98 Å². The lowest BCUT2D eigenvalue weighted by Gasteiger charge is -2.32. The second kappa shape index (κ2) is 8.10. The Hall–Kier alpha value is -3.27. The molecule has 4 rings (SSSR count). The van der Waals surface area contributed by atoms with Crippen LogP contribution in [0, 0.1) is 5.41 Å². The predicted molar refractivity (Wildman–Crippen MR) is 122 cm³/mol. The van der Waals surface area contributed by atoms with E-state index in [1.165, 1.54) is 7.11 Å². The maximum Gasteiger partial charge on any atom is 0.340 e. The van der Waals surface area contributed by atoms with Crippen molar-refractivity contribution in [2.45, 2.75) is 40.0 Å². The molecule has 0 aliphatic heterocycles. The van der Waals surface area contributed by atoms with Gasteiger partial charge in [-0.2, -0.15) is 0 Å². The molecule has 0 bridgehead atoms. The minimum Gasteiger partial charge on any atom is -0.465 e. The van der Waals surface area contributed by atoms with Crippen LogP contribution in [-0.2, 0) is 17.6 Å². The summed E-state index contributed by atoms with van der Waals surface area (Å²) < 4.78 is 5.11. The highest BCUT2D eigenvalue weighted by atomic mass is 16.5. The second-order valence-corrected chi connectivity index (χ2v) is 8.86. The zero-order chi connectivity index (χ0) is 22.2. The van der Waals surface area contributed by atoms with Crippen molar-refractivity contribution < 1.29 is 14.3 Å². The molecule has 0 saturated heterocycles. The van der Waals surface area contributed by atoms with E-state index in [9.17, 15) is 9.59 Å². The van der Waals surface area contributed by atoms with Gasteiger partial charge in [0, 0.05) is 17.5 Å². The average molecular weight is 414 g/mol. The van der Waals surface area contributed by atoms with Gasteiger partial charge in [0.2, 0.25) is 0 Å². The van der Waals surface area contributed by atoms with Gasteiger partial charge < -0.3 is 4.74 Å². The molecule has 0 spiro atoms. The van der Waals surface area contributed by atoms with E-state index in [1.54, 1.807) is 0 Å². The third kappa shape index (κ3) is 3.90. The van der Waals surface area contributed by atoms with Crippen LogP contribution in [0.5, 0.6) is 0 Å². The quantitative estimate of drug-likeness (QED) is 0.498. The summed E-state index contributed by atoms with van der Waals surface area (Å²) in [6, 6.07) is 18.1. The van der Waals surface area contributed by atoms with Crippen molar-refractivity contribution in [3.8, 4) is 22.3 Å². The van der Waals surface area contributed by atoms with Gasteiger partial charge in [0.05, 0.1) is 24.1 Å². The summed E-state index contributed by atoms with van der Waals surface area (Å²) in [4.78, 5) is 30.9. The fourth-order valence-corrected chi connectivity index (χ4v) is 4.48. The monoisotopic (exact) mass is 413 g/mol. The number of methoxy groups -OCH3 is 1. The molecule has 158 valence electrons. The fourth-order valence-electron chi connectivity index (χ4n) is 4.48. The Labute approximate surface area is 183 Å². The van der Waals surface area contributed by atoms with E-state index in [2.05, 4.69) is 26.0 Å². The number of ether oxygens (including phenoxy) is 1. The van der Waals surface area contributed by atoms with E-state index in [0.717, 1.165) is 22.4 Å². The van der Waals surface area contributed by atoms with Crippen molar-refractivity contribution in [1.29, 1.82) is 0 Å². The first-order valence-electron chi connectivity index (χ1n) is 10.7. The maximum absolute atomic E-state index is 13.3. The van der Waals surface area contributed by atoms with Crippen LogP contribution in [0.3, 0.4) is 0 Å². The molecule has 0 N–H and O–H groups in total. The minimum atomic E-state index is -0.452. The molecule has 1 aliphatic rings. The molecule has 0 fully saturated rings. The summed E-state index contributed by atoms with van der Waals surface area (Å²) in [5, 5.41) is 0. The van der Waals surface area contributed by atoms with Crippen LogP contribution in [0.15, 0.2) is 54.6 Å². The molecule has 1 aromatic heterocycles. The van der Waals surface area contributed by atoms with Gasteiger partial charge in [-0.15, -0.1) is 0 Å². The van der Waals surface area contributed by atoms with Crippen molar-refractivity contribution >= 4 is 11.8 Å². The number of hydrogen-bond donors (Lipinski definition) is 0. The number of Topliss-reactive ketones (excluding diaryl/α,β-unsaturated/α-hetero) is 1. The van der Waals surface area contributed by atoms with Gasteiger partial charge in [-0.25, -0.2) is 4.79 Å². The molecule has 3 aromatic rings. The Bertz CT molecular complexity index is 1150. The number of nitrogens with zero attached hydrogens (tertiary/aromatic N) is 1. The zero-order valence-electron chi connectivity index (χ0n) is 18.5. The molecule has 1 aliphatic carbocycles. The highest BCUT2D eigenvalue weighted by molar-refractivity contribution is 6.10. The van der Waals surface area contributed by atoms with Crippen molar-refractivity contribution in [2.75, 3.05) is 7.11 Å². The number of pyridine rings is 1. The van der Waals surface area contributed by atoms with E-state index in [4.69, 9.17) is 9.72 Å². The number of hydrogen-bond acceptors (Lipinski definition) is 4. The van der Waals surface area contributed by atoms with Gasteiger partial charge in [0.15, 0.2) is 5.78 Å². The molecule has 0 amide bonds. The second-order valence-electron chi connectivity index (χ2n) is 8.86. The van der Waals surface area contributed by atoms with Crippen molar-refractivity contribution in [3.63, 3.8) is 0 Å². The van der Waals surface area contributed by atoms with Crippen LogP contribution in [-0.4, -0.2) is 23.8 Å². The van der Waals surface area contributed by atoms with Gasteiger partial charge in [-0.05, 0) is 34.9 Å². The Balaban J connectivity index is 1.95. The molecule has 4 heteroatoms. The standard InChI is InChI=1S/C27H27NO3/c1-5-20-25(26(30)31-4)23(24-21(28-20)15-27(2,3)16-22(24)29)19-13-11-18(12-14-19)17-9-7-6-8-10-17/h6-14H,5,15-16H2,1-4H3. The van der Waals surface area contributed by atoms with Gasteiger partial charge in [0.1, 0.15) is 0 Å². The maximum atomic E-state index is 13.3. The van der Waals surface area contributed by atoms with Crippen LogP contribution in [0.1, 0.15) is 59.3 Å². The average Bonchev–Trinajstić information content (AvgIpc) is 2.77. The number of carbonyl (C=O) groups is 2. The number of aryl methyl sites for hydroxylation is 1. The van der Waals surface area contributed by atoms with Gasteiger partial charge in [-0.1, -0.05) is 75.4 Å². The Morgan fingerprint density at radius 3 is 2.16 bits per heavy atom. The van der Waals surface area contributed by atoms with Crippen molar-refractivity contribution in [3.05, 3.63) is 77.1 Å². The lowest BCUT2D eigenvalue weighted by molar-refractivity contribution is 0.0599. The summed E-state index contributed by atoms with van der Waals surface area (Å²) in [5.41, 5.74) is 5.99. The molecular formula is C27H27NO3. The summed E-state index contributed by atoms with van der Waals surface area (Å²) in [6.07, 6.45) is 1.72. The SMILES string of the molecule is CCc1nc2c(c(-c3ccc(-c4ccccc4)cc3)c1C(=O)OC)C(=O)CC(C)(C)C2. The third-order valence-electron chi connectivity index (χ3n) is 5.92. The number of rotatable bonds is 4. The van der Waals surface area contributed by atoms with Crippen molar-refractivity contribution in [2.24, 2.45) is 5.41 Å². The Morgan fingerprint density at radius 2 is 1.55 bits per heavy atom. The van der Waals surface area contributed by atoms with Gasteiger partial charge in [-0.3, -0.25) is 9.78 Å². The molecule has 31 heavy (non-hydrogen) atoms. The number of benzene rings is 2. The Morgan fingerprint density at radius 1 is 0.935 bits per heavy atom. The topological polar surface area (TPSA) is 56.3 Å². The normalized spacial score (nSPS) is 14.8.